The monoisotopic (exact) mass is 323 g/mol. The zero-order valence-electron chi connectivity index (χ0n) is 13.4. The molecule has 0 radical (unpaired) electrons. The molecule has 1 fully saturated rings. The molecule has 0 amide bonds. The molecule has 3 N–H and O–H groups in total. The molecule has 1 aliphatic rings. The van der Waals surface area contributed by atoms with Crippen molar-refractivity contribution in [3.63, 3.8) is 0 Å². The van der Waals surface area contributed by atoms with Crippen molar-refractivity contribution in [3.8, 4) is 11.3 Å². The quantitative estimate of drug-likeness (QED) is 0.684. The smallest absolute Gasteiger partial charge is 0.157 e. The van der Waals surface area contributed by atoms with Gasteiger partial charge < -0.3 is 15.7 Å². The maximum atomic E-state index is 10.7. The van der Waals surface area contributed by atoms with Crippen LogP contribution in [0.15, 0.2) is 48.7 Å². The highest BCUT2D eigenvalue weighted by Gasteiger charge is 2.29. The second-order valence-electron chi connectivity index (χ2n) is 6.35. The topological polar surface area (TPSA) is 74.5 Å². The number of aromatic nitrogens is 3. The summed E-state index contributed by atoms with van der Waals surface area (Å²) in [6.45, 7) is 2.06. The van der Waals surface area contributed by atoms with Crippen LogP contribution < -0.4 is 10.6 Å². The van der Waals surface area contributed by atoms with Gasteiger partial charge in [-0.15, -0.1) is 0 Å². The van der Waals surface area contributed by atoms with Gasteiger partial charge >= 0.3 is 0 Å². The molecule has 6 nitrogen and oxygen atoms in total. The Morgan fingerprint density at radius 3 is 2.92 bits per heavy atom. The number of aliphatic hydroxyl groups is 1. The summed E-state index contributed by atoms with van der Waals surface area (Å²) in [7, 11) is 0. The van der Waals surface area contributed by atoms with Crippen LogP contribution >= 0.6 is 0 Å². The van der Waals surface area contributed by atoms with Crippen molar-refractivity contribution in [2.45, 2.75) is 18.4 Å². The van der Waals surface area contributed by atoms with E-state index in [1.54, 1.807) is 10.7 Å². The lowest BCUT2D eigenvalue weighted by Gasteiger charge is -2.33. The summed E-state index contributed by atoms with van der Waals surface area (Å²) in [6, 6.07) is 13.9. The Kier molecular flexibility index (Phi) is 3.92. The molecule has 1 atom stereocenters. The second kappa shape index (κ2) is 6.22. The third kappa shape index (κ3) is 2.98. The molecule has 3 aromatic rings. The predicted molar refractivity (Wildman–Crippen MR) is 94.0 cm³/mol. The third-order valence-corrected chi connectivity index (χ3v) is 4.48. The van der Waals surface area contributed by atoms with Crippen LogP contribution in [0.1, 0.15) is 12.8 Å². The van der Waals surface area contributed by atoms with Gasteiger partial charge in [-0.1, -0.05) is 30.3 Å². The van der Waals surface area contributed by atoms with Crippen LogP contribution in [0.4, 0.5) is 5.82 Å². The van der Waals surface area contributed by atoms with Crippen molar-refractivity contribution in [2.75, 3.05) is 25.0 Å². The summed E-state index contributed by atoms with van der Waals surface area (Å²) in [5.41, 5.74) is 2.00. The number of anilines is 1. The fraction of sp³-hybridized carbons (Fsp3) is 0.333. The largest absolute Gasteiger partial charge is 0.387 e. The van der Waals surface area contributed by atoms with Crippen LogP contribution in [0.2, 0.25) is 0 Å². The van der Waals surface area contributed by atoms with E-state index < -0.39 is 5.60 Å². The fourth-order valence-corrected chi connectivity index (χ4v) is 3.15. The van der Waals surface area contributed by atoms with Gasteiger partial charge in [0, 0.05) is 30.8 Å². The average molecular weight is 323 g/mol. The number of benzene rings is 1. The van der Waals surface area contributed by atoms with Gasteiger partial charge in [0.05, 0.1) is 17.5 Å². The Balaban J connectivity index is 1.65. The minimum absolute atomic E-state index is 0.479. The van der Waals surface area contributed by atoms with Gasteiger partial charge in [-0.3, -0.25) is 0 Å². The van der Waals surface area contributed by atoms with E-state index in [2.05, 4.69) is 20.7 Å². The predicted octanol–water partition coefficient (Wildman–Crippen LogP) is 1.92. The first-order valence-corrected chi connectivity index (χ1v) is 8.31. The number of hydrogen-bond acceptors (Lipinski definition) is 5. The molecule has 0 aliphatic carbocycles. The molecule has 1 aromatic carbocycles. The molecule has 1 unspecified atom stereocenters. The molecule has 0 saturated carbocycles. The van der Waals surface area contributed by atoms with Gasteiger partial charge in [0.2, 0.25) is 0 Å². The van der Waals surface area contributed by atoms with Crippen molar-refractivity contribution in [1.82, 2.24) is 19.9 Å². The van der Waals surface area contributed by atoms with Crippen LogP contribution in [-0.4, -0.2) is 44.9 Å². The minimum atomic E-state index is -0.728. The van der Waals surface area contributed by atoms with Crippen molar-refractivity contribution >= 4 is 11.5 Å². The normalized spacial score (nSPS) is 21.0. The van der Waals surface area contributed by atoms with Crippen LogP contribution in [-0.2, 0) is 0 Å². The summed E-state index contributed by atoms with van der Waals surface area (Å²) in [5, 5.41) is 21.6. The lowest BCUT2D eigenvalue weighted by molar-refractivity contribution is 0.0291. The molecule has 124 valence electrons. The van der Waals surface area contributed by atoms with E-state index >= 15 is 0 Å². The molecule has 6 heteroatoms. The van der Waals surface area contributed by atoms with Crippen LogP contribution in [0.3, 0.4) is 0 Å². The van der Waals surface area contributed by atoms with E-state index in [9.17, 15) is 5.11 Å². The minimum Gasteiger partial charge on any atom is -0.387 e. The number of nitrogens with one attached hydrogen (secondary N) is 2. The maximum absolute atomic E-state index is 10.7. The lowest BCUT2D eigenvalue weighted by atomic mass is 9.94. The van der Waals surface area contributed by atoms with E-state index in [4.69, 9.17) is 0 Å². The van der Waals surface area contributed by atoms with E-state index in [0.29, 0.717) is 13.1 Å². The zero-order chi connectivity index (χ0) is 16.4. The average Bonchev–Trinajstić information content (AvgIpc) is 3.10. The summed E-state index contributed by atoms with van der Waals surface area (Å²) in [5.74, 6) is 0.836. The van der Waals surface area contributed by atoms with Gasteiger partial charge in [0.25, 0.3) is 0 Å². The first-order valence-electron chi connectivity index (χ1n) is 8.31. The molecule has 24 heavy (non-hydrogen) atoms. The second-order valence-corrected chi connectivity index (χ2v) is 6.35. The standard InChI is InChI=1S/C18H21N5O/c24-18(8-4-9-19-12-18)13-20-17-11-15(14-5-2-1-3-6-14)22-16-7-10-21-23(16)17/h1-3,5-7,10-11,19-20,24H,4,8-9,12-13H2. The van der Waals surface area contributed by atoms with Gasteiger partial charge in [0.15, 0.2) is 5.65 Å². The van der Waals surface area contributed by atoms with Crippen molar-refractivity contribution in [3.05, 3.63) is 48.7 Å². The summed E-state index contributed by atoms with van der Waals surface area (Å²) in [4.78, 5) is 4.66. The number of hydrogen-bond donors (Lipinski definition) is 3. The molecule has 3 heterocycles. The molecule has 2 aromatic heterocycles. The summed E-state index contributed by atoms with van der Waals surface area (Å²) < 4.78 is 1.77. The van der Waals surface area contributed by atoms with Crippen molar-refractivity contribution in [2.24, 2.45) is 0 Å². The Hall–Kier alpha value is -2.44. The first kappa shape index (κ1) is 15.1. The number of piperidine rings is 1. The first-order chi connectivity index (χ1) is 11.7. The van der Waals surface area contributed by atoms with Gasteiger partial charge in [-0.2, -0.15) is 9.61 Å². The van der Waals surface area contributed by atoms with Crippen LogP contribution in [0.5, 0.6) is 0 Å². The zero-order valence-corrected chi connectivity index (χ0v) is 13.4. The molecule has 4 rings (SSSR count). The highest BCUT2D eigenvalue weighted by Crippen LogP contribution is 2.23. The summed E-state index contributed by atoms with van der Waals surface area (Å²) in [6.07, 6.45) is 3.52. The Bertz CT molecular complexity index is 824. The van der Waals surface area contributed by atoms with E-state index in [1.807, 2.05) is 42.5 Å². The van der Waals surface area contributed by atoms with E-state index in [1.165, 1.54) is 0 Å². The Morgan fingerprint density at radius 2 is 2.12 bits per heavy atom. The molecular weight excluding hydrogens is 302 g/mol. The molecule has 1 aliphatic heterocycles. The van der Waals surface area contributed by atoms with Crippen LogP contribution in [0, 0.1) is 0 Å². The molecule has 0 spiro atoms. The van der Waals surface area contributed by atoms with Crippen molar-refractivity contribution < 1.29 is 5.11 Å². The maximum Gasteiger partial charge on any atom is 0.157 e. The number of rotatable bonds is 4. The van der Waals surface area contributed by atoms with E-state index in [0.717, 1.165) is 42.1 Å². The third-order valence-electron chi connectivity index (χ3n) is 4.48. The number of β-amino-alcohol motifs (C(OH)–C–C–N with tert-alkyl or cyclic N) is 1. The van der Waals surface area contributed by atoms with E-state index in [-0.39, 0.29) is 0 Å². The fourth-order valence-electron chi connectivity index (χ4n) is 3.15. The molecular formula is C18H21N5O. The number of fused-ring (bicyclic) bond motifs is 1. The SMILES string of the molecule is OC1(CNc2cc(-c3ccccc3)nc3ccnn23)CCCNC1. The van der Waals surface area contributed by atoms with Gasteiger partial charge in [0.1, 0.15) is 5.82 Å². The highest BCUT2D eigenvalue weighted by molar-refractivity contribution is 5.66. The van der Waals surface area contributed by atoms with Crippen molar-refractivity contribution in [1.29, 1.82) is 0 Å². The highest BCUT2D eigenvalue weighted by atomic mass is 16.3. The van der Waals surface area contributed by atoms with Gasteiger partial charge in [-0.05, 0) is 19.4 Å². The molecule has 0 bridgehead atoms. The van der Waals surface area contributed by atoms with Gasteiger partial charge in [-0.25, -0.2) is 4.98 Å². The summed E-state index contributed by atoms with van der Waals surface area (Å²) >= 11 is 0. The van der Waals surface area contributed by atoms with Crippen LogP contribution in [0.25, 0.3) is 16.9 Å². The molecule has 1 saturated heterocycles. The number of nitrogens with zero attached hydrogens (tertiary/aromatic N) is 3. The lowest BCUT2D eigenvalue weighted by Crippen LogP contribution is -2.50. The Labute approximate surface area is 140 Å². The Morgan fingerprint density at radius 1 is 1.25 bits per heavy atom.